The number of halogens is 4. The van der Waals surface area contributed by atoms with Gasteiger partial charge < -0.3 is 10.6 Å². The zero-order valence-electron chi connectivity index (χ0n) is 11.7. The van der Waals surface area contributed by atoms with Gasteiger partial charge in [0.1, 0.15) is 5.82 Å². The topological polar surface area (TPSA) is 42.1 Å². The highest BCUT2D eigenvalue weighted by Gasteiger charge is 2.32. The van der Waals surface area contributed by atoms with E-state index in [-0.39, 0.29) is 10.9 Å². The van der Waals surface area contributed by atoms with Gasteiger partial charge in [-0.2, -0.15) is 13.2 Å². The number of thiocarbonyl (C=S) groups is 1. The molecule has 0 saturated heterocycles. The normalized spacial score (nSPS) is 11.8. The Labute approximate surface area is 132 Å². The number of pyridine rings is 1. The summed E-state index contributed by atoms with van der Waals surface area (Å²) in [6, 6.07) is 0.887. The van der Waals surface area contributed by atoms with Crippen molar-refractivity contribution in [3.05, 3.63) is 22.8 Å². The molecule has 118 valence electrons. The van der Waals surface area contributed by atoms with Gasteiger partial charge in [-0.25, -0.2) is 4.98 Å². The SMILES string of the molecule is CC(C)CN(CCC(N)=S)c1ncc(C(F)(F)F)cc1Cl. The van der Waals surface area contributed by atoms with Gasteiger partial charge in [0.2, 0.25) is 0 Å². The molecule has 0 bridgehead atoms. The van der Waals surface area contributed by atoms with Crippen LogP contribution in [0, 0.1) is 5.92 Å². The molecule has 0 spiro atoms. The van der Waals surface area contributed by atoms with Gasteiger partial charge >= 0.3 is 6.18 Å². The van der Waals surface area contributed by atoms with Crippen LogP contribution in [0.4, 0.5) is 19.0 Å². The van der Waals surface area contributed by atoms with Gasteiger partial charge in [0, 0.05) is 25.7 Å². The lowest BCUT2D eigenvalue weighted by Gasteiger charge is -2.26. The number of hydrogen-bond donors (Lipinski definition) is 1. The molecule has 0 amide bonds. The van der Waals surface area contributed by atoms with Gasteiger partial charge in [-0.1, -0.05) is 37.7 Å². The second kappa shape index (κ2) is 7.26. The Morgan fingerprint density at radius 2 is 2.10 bits per heavy atom. The minimum Gasteiger partial charge on any atom is -0.393 e. The highest BCUT2D eigenvalue weighted by atomic mass is 35.5. The molecule has 3 nitrogen and oxygen atoms in total. The number of nitrogens with two attached hydrogens (primary N) is 1. The number of rotatable bonds is 6. The van der Waals surface area contributed by atoms with E-state index in [0.29, 0.717) is 30.3 Å². The number of alkyl halides is 3. The fourth-order valence-corrected chi connectivity index (χ4v) is 2.17. The molecular weight excluding hydrogens is 323 g/mol. The lowest BCUT2D eigenvalue weighted by Crippen LogP contribution is -2.32. The van der Waals surface area contributed by atoms with Crippen LogP contribution in [0.15, 0.2) is 12.3 Å². The van der Waals surface area contributed by atoms with E-state index in [1.807, 2.05) is 13.8 Å². The predicted molar refractivity (Wildman–Crippen MR) is 82.7 cm³/mol. The maximum Gasteiger partial charge on any atom is 0.417 e. The van der Waals surface area contributed by atoms with Gasteiger partial charge in [0.05, 0.1) is 15.6 Å². The third kappa shape index (κ3) is 5.67. The highest BCUT2D eigenvalue weighted by molar-refractivity contribution is 7.80. The zero-order chi connectivity index (χ0) is 16.2. The van der Waals surface area contributed by atoms with Crippen molar-refractivity contribution in [1.29, 1.82) is 0 Å². The van der Waals surface area contributed by atoms with Crippen LogP contribution in [0.3, 0.4) is 0 Å². The van der Waals surface area contributed by atoms with Crippen molar-refractivity contribution in [3.63, 3.8) is 0 Å². The maximum absolute atomic E-state index is 12.6. The minimum atomic E-state index is -4.46. The Hall–Kier alpha value is -1.08. The average Bonchev–Trinajstić information content (AvgIpc) is 2.32. The van der Waals surface area contributed by atoms with Crippen molar-refractivity contribution in [2.24, 2.45) is 11.7 Å². The molecule has 2 N–H and O–H groups in total. The highest BCUT2D eigenvalue weighted by Crippen LogP contribution is 2.33. The number of hydrogen-bond acceptors (Lipinski definition) is 3. The molecule has 0 aliphatic carbocycles. The van der Waals surface area contributed by atoms with Crippen LogP contribution in [-0.2, 0) is 6.18 Å². The first kappa shape index (κ1) is 18.0. The fraction of sp³-hybridized carbons (Fsp3) is 0.538. The molecule has 0 radical (unpaired) electrons. The molecule has 0 fully saturated rings. The Kier molecular flexibility index (Phi) is 6.22. The summed E-state index contributed by atoms with van der Waals surface area (Å²) in [4.78, 5) is 6.00. The van der Waals surface area contributed by atoms with Crippen LogP contribution in [0.25, 0.3) is 0 Å². The molecule has 0 aromatic carbocycles. The van der Waals surface area contributed by atoms with E-state index in [1.54, 1.807) is 4.90 Å². The number of aromatic nitrogens is 1. The molecule has 0 unspecified atom stereocenters. The van der Waals surface area contributed by atoms with E-state index in [0.717, 1.165) is 12.3 Å². The number of anilines is 1. The van der Waals surface area contributed by atoms with Crippen molar-refractivity contribution < 1.29 is 13.2 Å². The summed E-state index contributed by atoms with van der Waals surface area (Å²) < 4.78 is 37.9. The quantitative estimate of drug-likeness (QED) is 0.798. The zero-order valence-corrected chi connectivity index (χ0v) is 13.3. The van der Waals surface area contributed by atoms with E-state index in [4.69, 9.17) is 29.6 Å². The third-order valence-electron chi connectivity index (χ3n) is 2.66. The molecule has 0 atom stereocenters. The van der Waals surface area contributed by atoms with Gasteiger partial charge in [-0.05, 0) is 12.0 Å². The fourth-order valence-electron chi connectivity index (χ4n) is 1.79. The van der Waals surface area contributed by atoms with Crippen LogP contribution >= 0.6 is 23.8 Å². The summed E-state index contributed by atoms with van der Waals surface area (Å²) in [5, 5.41) is -0.0339. The smallest absolute Gasteiger partial charge is 0.393 e. The van der Waals surface area contributed by atoms with Gasteiger partial charge in [0.15, 0.2) is 0 Å². The molecule has 1 aromatic rings. The summed E-state index contributed by atoms with van der Waals surface area (Å²) in [7, 11) is 0. The maximum atomic E-state index is 12.6. The summed E-state index contributed by atoms with van der Waals surface area (Å²) >= 11 is 10.8. The summed E-state index contributed by atoms with van der Waals surface area (Å²) in [6.07, 6.45) is -3.23. The van der Waals surface area contributed by atoms with Crippen molar-refractivity contribution in [1.82, 2.24) is 4.98 Å². The van der Waals surface area contributed by atoms with Crippen LogP contribution < -0.4 is 10.6 Å². The molecule has 0 aliphatic heterocycles. The van der Waals surface area contributed by atoms with E-state index >= 15 is 0 Å². The molecule has 0 aliphatic rings. The second-order valence-corrected chi connectivity index (χ2v) is 6.01. The first-order valence-corrected chi connectivity index (χ1v) is 7.16. The van der Waals surface area contributed by atoms with Crippen molar-refractivity contribution >= 4 is 34.6 Å². The second-order valence-electron chi connectivity index (χ2n) is 5.08. The molecule has 21 heavy (non-hydrogen) atoms. The lowest BCUT2D eigenvalue weighted by atomic mass is 10.2. The first-order chi connectivity index (χ1) is 9.61. The monoisotopic (exact) mass is 339 g/mol. The Morgan fingerprint density at radius 1 is 1.48 bits per heavy atom. The minimum absolute atomic E-state index is 0.0339. The van der Waals surface area contributed by atoms with Crippen molar-refractivity contribution in [2.75, 3.05) is 18.0 Å². The molecule has 1 rings (SSSR count). The van der Waals surface area contributed by atoms with Crippen LogP contribution in [0.5, 0.6) is 0 Å². The number of nitrogens with zero attached hydrogens (tertiary/aromatic N) is 2. The third-order valence-corrected chi connectivity index (χ3v) is 3.14. The Bertz CT molecular complexity index is 506. The molecule has 0 saturated carbocycles. The Balaban J connectivity index is 3.04. The molecular formula is C13H17ClF3N3S. The van der Waals surface area contributed by atoms with Crippen LogP contribution in [-0.4, -0.2) is 23.1 Å². The largest absolute Gasteiger partial charge is 0.417 e. The molecule has 1 heterocycles. The van der Waals surface area contributed by atoms with Gasteiger partial charge in [-0.3, -0.25) is 0 Å². The first-order valence-electron chi connectivity index (χ1n) is 6.37. The van der Waals surface area contributed by atoms with E-state index in [1.165, 1.54) is 0 Å². The van der Waals surface area contributed by atoms with Crippen molar-refractivity contribution in [2.45, 2.75) is 26.4 Å². The standard InChI is InChI=1S/C13H17ClF3N3S/c1-8(2)7-20(4-3-11(18)21)12-10(14)5-9(6-19-12)13(15,16)17/h5-6,8H,3-4,7H2,1-2H3,(H2,18,21). The molecule has 1 aromatic heterocycles. The summed E-state index contributed by atoms with van der Waals surface area (Å²) in [6.45, 7) is 5.05. The van der Waals surface area contributed by atoms with Crippen molar-refractivity contribution in [3.8, 4) is 0 Å². The average molecular weight is 340 g/mol. The predicted octanol–water partition coefficient (Wildman–Crippen LogP) is 3.89. The summed E-state index contributed by atoms with van der Waals surface area (Å²) in [5.74, 6) is 0.603. The van der Waals surface area contributed by atoms with Gasteiger partial charge in [-0.15, -0.1) is 0 Å². The lowest BCUT2D eigenvalue weighted by molar-refractivity contribution is -0.137. The molecule has 8 heteroatoms. The van der Waals surface area contributed by atoms with Crippen LogP contribution in [0.1, 0.15) is 25.8 Å². The van der Waals surface area contributed by atoms with Crippen LogP contribution in [0.2, 0.25) is 5.02 Å². The van der Waals surface area contributed by atoms with Gasteiger partial charge in [0.25, 0.3) is 0 Å². The summed E-state index contributed by atoms with van der Waals surface area (Å²) in [5.41, 5.74) is 4.61. The van der Waals surface area contributed by atoms with E-state index in [2.05, 4.69) is 4.98 Å². The van der Waals surface area contributed by atoms with E-state index in [9.17, 15) is 13.2 Å². The van der Waals surface area contributed by atoms with E-state index < -0.39 is 11.7 Å². The Morgan fingerprint density at radius 3 is 2.52 bits per heavy atom.